The van der Waals surface area contributed by atoms with Crippen LogP contribution in [0.5, 0.6) is 11.5 Å². The Kier molecular flexibility index (Phi) is 7.02. The normalized spacial score (nSPS) is 15.5. The van der Waals surface area contributed by atoms with Crippen LogP contribution < -0.4 is 9.47 Å². The molecule has 1 aliphatic carbocycles. The van der Waals surface area contributed by atoms with Crippen LogP contribution >= 0.6 is 0 Å². The van der Waals surface area contributed by atoms with Crippen LogP contribution in [0.25, 0.3) is 11.1 Å². The van der Waals surface area contributed by atoms with Crippen LogP contribution in [0.15, 0.2) is 66.7 Å². The molecule has 0 heterocycles. The molecule has 7 heteroatoms. The first kappa shape index (κ1) is 24.2. The zero-order chi connectivity index (χ0) is 25.0. The Morgan fingerprint density at radius 3 is 2.31 bits per heavy atom. The molecule has 0 saturated heterocycles. The minimum Gasteiger partial charge on any atom is -0.486 e. The van der Waals surface area contributed by atoms with E-state index in [9.17, 15) is 18.0 Å². The van der Waals surface area contributed by atoms with Crippen molar-refractivity contribution in [3.8, 4) is 34.5 Å². The molecular weight excluding hydrogens is 457 g/mol. The summed E-state index contributed by atoms with van der Waals surface area (Å²) >= 11 is 0. The molecule has 0 fully saturated rings. The first-order chi connectivity index (χ1) is 16.7. The molecule has 1 aliphatic rings. The predicted molar refractivity (Wildman–Crippen MR) is 125 cm³/mol. The molecule has 4 rings (SSSR count). The number of benzene rings is 3. The van der Waals surface area contributed by atoms with Crippen molar-refractivity contribution in [1.82, 2.24) is 0 Å². The van der Waals surface area contributed by atoms with Crippen LogP contribution in [0.2, 0.25) is 0 Å². The van der Waals surface area contributed by atoms with Gasteiger partial charge >= 0.3 is 12.3 Å². The Bertz CT molecular complexity index is 1250. The summed E-state index contributed by atoms with van der Waals surface area (Å²) in [6.45, 7) is 1.68. The molecule has 0 aliphatic heterocycles. The second-order valence-corrected chi connectivity index (χ2v) is 8.24. The third-order valence-electron chi connectivity index (χ3n) is 5.85. The molecule has 3 aromatic carbocycles. The minimum atomic E-state index is -4.72. The lowest BCUT2D eigenvalue weighted by Crippen LogP contribution is -2.16. The topological polar surface area (TPSA) is 55.8 Å². The van der Waals surface area contributed by atoms with Crippen molar-refractivity contribution in [2.75, 3.05) is 0 Å². The van der Waals surface area contributed by atoms with Crippen LogP contribution in [0.1, 0.15) is 48.5 Å². The molecular formula is C28H23F3O4. The smallest absolute Gasteiger partial charge is 0.486 e. The van der Waals surface area contributed by atoms with E-state index in [-0.39, 0.29) is 24.2 Å². The van der Waals surface area contributed by atoms with Crippen molar-refractivity contribution in [1.29, 1.82) is 0 Å². The Labute approximate surface area is 201 Å². The number of hydrogen-bond acceptors (Lipinski definition) is 3. The lowest BCUT2D eigenvalue weighted by atomic mass is 9.96. The number of carboxylic acid groups (broad SMARTS) is 1. The molecule has 1 N–H and O–H groups in total. The number of rotatable bonds is 7. The Balaban J connectivity index is 1.49. The van der Waals surface area contributed by atoms with Crippen molar-refractivity contribution in [2.45, 2.75) is 44.6 Å². The van der Waals surface area contributed by atoms with Crippen molar-refractivity contribution in [2.24, 2.45) is 0 Å². The van der Waals surface area contributed by atoms with E-state index >= 15 is 0 Å². The lowest BCUT2D eigenvalue weighted by molar-refractivity contribution is -0.274. The fraction of sp³-hybridized carbons (Fsp3) is 0.250. The summed E-state index contributed by atoms with van der Waals surface area (Å²) in [7, 11) is 0. The predicted octanol–water partition coefficient (Wildman–Crippen LogP) is 6.90. The maximum atomic E-state index is 12.4. The molecule has 3 aromatic rings. The largest absolute Gasteiger partial charge is 0.573 e. The van der Waals surface area contributed by atoms with Gasteiger partial charge in [0.15, 0.2) is 0 Å². The number of carboxylic acids is 1. The highest BCUT2D eigenvalue weighted by Crippen LogP contribution is 2.38. The summed E-state index contributed by atoms with van der Waals surface area (Å²) in [6, 6.07) is 19.1. The molecule has 35 heavy (non-hydrogen) atoms. The van der Waals surface area contributed by atoms with Gasteiger partial charge in [0.25, 0.3) is 0 Å². The molecule has 0 aromatic heterocycles. The number of alkyl halides is 3. The van der Waals surface area contributed by atoms with Crippen LogP contribution in [0.3, 0.4) is 0 Å². The summed E-state index contributed by atoms with van der Waals surface area (Å²) in [5.41, 5.74) is 4.69. The molecule has 0 amide bonds. The molecule has 0 spiro atoms. The maximum absolute atomic E-state index is 12.4. The number of aryl methyl sites for hydroxylation is 1. The number of halogens is 3. The van der Waals surface area contributed by atoms with Gasteiger partial charge in [-0.15, -0.1) is 19.1 Å². The Morgan fingerprint density at radius 1 is 1.03 bits per heavy atom. The molecule has 0 bridgehead atoms. The second-order valence-electron chi connectivity index (χ2n) is 8.24. The van der Waals surface area contributed by atoms with Crippen LogP contribution in [-0.4, -0.2) is 17.4 Å². The summed E-state index contributed by atoms with van der Waals surface area (Å²) in [5, 5.41) is 9.13. The van der Waals surface area contributed by atoms with Gasteiger partial charge < -0.3 is 14.6 Å². The molecule has 2 atom stereocenters. The highest BCUT2D eigenvalue weighted by Gasteiger charge is 2.31. The van der Waals surface area contributed by atoms with E-state index in [1.165, 1.54) is 17.7 Å². The van der Waals surface area contributed by atoms with Crippen molar-refractivity contribution >= 4 is 5.97 Å². The van der Waals surface area contributed by atoms with Gasteiger partial charge in [0, 0.05) is 0 Å². The highest BCUT2D eigenvalue weighted by molar-refractivity contribution is 5.69. The van der Waals surface area contributed by atoms with Gasteiger partial charge in [-0.05, 0) is 77.9 Å². The van der Waals surface area contributed by atoms with Crippen LogP contribution in [0, 0.1) is 11.8 Å². The van der Waals surface area contributed by atoms with E-state index < -0.39 is 12.3 Å². The average molecular weight is 480 g/mol. The fourth-order valence-corrected chi connectivity index (χ4v) is 4.26. The standard InChI is InChI=1S/C28H23F3O4/c1-2-3-21(17-27(32)33)18-6-11-23(12-7-18)34-26-15-10-20-4-5-22(16-25(20)26)19-8-13-24(14-9-19)35-28(29,30)31/h4-9,11-14,16,21,26H,10,15,17H2,1H3,(H,32,33)/t21-,26?/m0/s1. The fourth-order valence-electron chi connectivity index (χ4n) is 4.26. The maximum Gasteiger partial charge on any atom is 0.573 e. The number of carbonyl (C=O) groups is 1. The van der Waals surface area contributed by atoms with Gasteiger partial charge in [0.2, 0.25) is 0 Å². The summed E-state index contributed by atoms with van der Waals surface area (Å²) in [5.74, 6) is 4.85. The van der Waals surface area contributed by atoms with Gasteiger partial charge in [-0.25, -0.2) is 0 Å². The monoisotopic (exact) mass is 480 g/mol. The molecule has 4 nitrogen and oxygen atoms in total. The quantitative estimate of drug-likeness (QED) is 0.374. The number of fused-ring (bicyclic) bond motifs is 1. The van der Waals surface area contributed by atoms with Gasteiger partial charge in [-0.2, -0.15) is 0 Å². The summed E-state index contributed by atoms with van der Waals surface area (Å²) in [4.78, 5) is 11.1. The SMILES string of the molecule is CC#C[C@@H](CC(=O)O)c1ccc(OC2CCc3ccc(-c4ccc(OC(F)(F)F)cc4)cc32)cc1. The zero-order valence-corrected chi connectivity index (χ0v) is 18.9. The molecule has 180 valence electrons. The molecule has 0 radical (unpaired) electrons. The van der Waals surface area contributed by atoms with Gasteiger partial charge in [-0.3, -0.25) is 4.79 Å². The third-order valence-corrected chi connectivity index (χ3v) is 5.85. The molecule has 1 unspecified atom stereocenters. The van der Waals surface area contributed by atoms with Gasteiger partial charge in [0.05, 0.1) is 12.3 Å². The van der Waals surface area contributed by atoms with Crippen LogP contribution in [-0.2, 0) is 11.2 Å². The van der Waals surface area contributed by atoms with Crippen LogP contribution in [0.4, 0.5) is 13.2 Å². The van der Waals surface area contributed by atoms with E-state index in [0.717, 1.165) is 35.1 Å². The number of ether oxygens (including phenoxy) is 2. The van der Waals surface area contributed by atoms with E-state index in [2.05, 4.69) is 16.6 Å². The van der Waals surface area contributed by atoms with E-state index in [4.69, 9.17) is 9.84 Å². The Hall–Kier alpha value is -3.92. The second kappa shape index (κ2) is 10.1. The number of hydrogen-bond donors (Lipinski definition) is 1. The summed E-state index contributed by atoms with van der Waals surface area (Å²) in [6.07, 6.45) is -3.28. The van der Waals surface area contributed by atoms with Crippen molar-refractivity contribution in [3.05, 3.63) is 83.4 Å². The van der Waals surface area contributed by atoms with Crippen molar-refractivity contribution in [3.63, 3.8) is 0 Å². The first-order valence-electron chi connectivity index (χ1n) is 11.1. The van der Waals surface area contributed by atoms with E-state index in [1.54, 1.807) is 19.1 Å². The average Bonchev–Trinajstić information content (AvgIpc) is 3.20. The van der Waals surface area contributed by atoms with Gasteiger partial charge in [-0.1, -0.05) is 42.3 Å². The molecule has 0 saturated carbocycles. The van der Waals surface area contributed by atoms with E-state index in [1.807, 2.05) is 42.5 Å². The number of aliphatic carboxylic acids is 1. The minimum absolute atomic E-state index is 0.0663. The Morgan fingerprint density at radius 2 is 1.69 bits per heavy atom. The van der Waals surface area contributed by atoms with E-state index in [0.29, 0.717) is 5.75 Å². The van der Waals surface area contributed by atoms with Gasteiger partial charge in [0.1, 0.15) is 17.6 Å². The first-order valence-corrected chi connectivity index (χ1v) is 11.1. The highest BCUT2D eigenvalue weighted by atomic mass is 19.4. The summed E-state index contributed by atoms with van der Waals surface area (Å²) < 4.78 is 47.4. The third kappa shape index (κ3) is 6.15. The van der Waals surface area contributed by atoms with Crippen molar-refractivity contribution < 1.29 is 32.5 Å². The zero-order valence-electron chi connectivity index (χ0n) is 18.9. The lowest BCUT2D eigenvalue weighted by Gasteiger charge is -2.17.